The van der Waals surface area contributed by atoms with Crippen molar-refractivity contribution in [1.82, 2.24) is 5.32 Å². The monoisotopic (exact) mass is 307 g/mol. The van der Waals surface area contributed by atoms with Gasteiger partial charge < -0.3 is 5.32 Å². The first-order valence-electron chi connectivity index (χ1n) is 6.40. The lowest BCUT2D eigenvalue weighted by Gasteiger charge is -2.16. The number of amides is 1. The molecule has 1 unspecified atom stereocenters. The predicted molar refractivity (Wildman–Crippen MR) is 72.9 cm³/mol. The van der Waals surface area contributed by atoms with Crippen LogP contribution in [0.4, 0.5) is 13.2 Å². The van der Waals surface area contributed by atoms with E-state index in [-0.39, 0.29) is 11.5 Å². The van der Waals surface area contributed by atoms with Crippen molar-refractivity contribution in [3.63, 3.8) is 0 Å². The molecule has 0 aliphatic rings. The van der Waals surface area contributed by atoms with Gasteiger partial charge in [-0.15, -0.1) is 11.6 Å². The first kappa shape index (κ1) is 16.8. The number of rotatable bonds is 6. The van der Waals surface area contributed by atoms with Crippen LogP contribution in [0.15, 0.2) is 24.3 Å². The van der Waals surface area contributed by atoms with Gasteiger partial charge in [0, 0.05) is 12.4 Å². The van der Waals surface area contributed by atoms with Crippen LogP contribution in [0, 0.1) is 5.92 Å². The first-order chi connectivity index (χ1) is 9.40. The van der Waals surface area contributed by atoms with E-state index in [1.54, 1.807) is 0 Å². The molecule has 6 heteroatoms. The van der Waals surface area contributed by atoms with Crippen molar-refractivity contribution in [1.29, 1.82) is 0 Å². The molecule has 0 saturated heterocycles. The second-order valence-corrected chi connectivity index (χ2v) is 4.88. The lowest BCUT2D eigenvalue weighted by atomic mass is 10.0. The van der Waals surface area contributed by atoms with Crippen molar-refractivity contribution >= 4 is 17.5 Å². The van der Waals surface area contributed by atoms with E-state index in [0.29, 0.717) is 12.4 Å². The van der Waals surface area contributed by atoms with Crippen LogP contribution in [0.5, 0.6) is 0 Å². The summed E-state index contributed by atoms with van der Waals surface area (Å²) in [4.78, 5) is 11.9. The molecule has 0 fully saturated rings. The molecule has 1 aromatic rings. The quantitative estimate of drug-likeness (QED) is 0.788. The molecule has 112 valence electrons. The van der Waals surface area contributed by atoms with Gasteiger partial charge in [-0.25, -0.2) is 0 Å². The van der Waals surface area contributed by atoms with E-state index in [1.807, 2.05) is 6.92 Å². The van der Waals surface area contributed by atoms with Crippen LogP contribution in [-0.2, 0) is 6.18 Å². The van der Waals surface area contributed by atoms with E-state index < -0.39 is 17.6 Å². The molecule has 1 amide bonds. The van der Waals surface area contributed by atoms with Crippen LogP contribution >= 0.6 is 11.6 Å². The fraction of sp³-hybridized carbons (Fsp3) is 0.500. The van der Waals surface area contributed by atoms with Crippen molar-refractivity contribution in [2.24, 2.45) is 5.92 Å². The summed E-state index contributed by atoms with van der Waals surface area (Å²) >= 11 is 5.63. The molecule has 0 aliphatic carbocycles. The van der Waals surface area contributed by atoms with E-state index in [4.69, 9.17) is 11.6 Å². The van der Waals surface area contributed by atoms with Gasteiger partial charge >= 0.3 is 6.18 Å². The second-order valence-electron chi connectivity index (χ2n) is 4.51. The molecule has 0 aliphatic heterocycles. The Morgan fingerprint density at radius 3 is 2.55 bits per heavy atom. The number of hydrogen-bond acceptors (Lipinski definition) is 1. The van der Waals surface area contributed by atoms with Crippen molar-refractivity contribution in [3.05, 3.63) is 35.4 Å². The predicted octanol–water partition coefficient (Wildman–Crippen LogP) is 4.09. The average molecular weight is 308 g/mol. The van der Waals surface area contributed by atoms with Crippen LogP contribution in [0.2, 0.25) is 0 Å². The molecular formula is C14H17ClF3NO. The minimum atomic E-state index is -4.53. The van der Waals surface area contributed by atoms with Gasteiger partial charge in [-0.05, 0) is 24.5 Å². The summed E-state index contributed by atoms with van der Waals surface area (Å²) < 4.78 is 38.4. The highest BCUT2D eigenvalue weighted by Crippen LogP contribution is 2.31. The Hall–Kier alpha value is -1.23. The molecule has 0 bridgehead atoms. The van der Waals surface area contributed by atoms with Crippen LogP contribution in [0.1, 0.15) is 35.7 Å². The molecule has 1 rings (SSSR count). The summed E-state index contributed by atoms with van der Waals surface area (Å²) in [6.07, 6.45) is -3.00. The van der Waals surface area contributed by atoms with Gasteiger partial charge in [-0.3, -0.25) is 4.79 Å². The van der Waals surface area contributed by atoms with Gasteiger partial charge in [0.05, 0.1) is 11.1 Å². The molecule has 0 saturated carbocycles. The Morgan fingerprint density at radius 2 is 2.00 bits per heavy atom. The third kappa shape index (κ3) is 4.71. The van der Waals surface area contributed by atoms with E-state index >= 15 is 0 Å². The lowest BCUT2D eigenvalue weighted by Crippen LogP contribution is -2.31. The maximum absolute atomic E-state index is 12.8. The maximum Gasteiger partial charge on any atom is 0.417 e. The number of benzene rings is 1. The number of carbonyl (C=O) groups is 1. The average Bonchev–Trinajstić information content (AvgIpc) is 2.42. The van der Waals surface area contributed by atoms with E-state index in [0.717, 1.165) is 18.9 Å². The molecule has 0 radical (unpaired) electrons. The number of hydrogen-bond donors (Lipinski definition) is 1. The van der Waals surface area contributed by atoms with Crippen LogP contribution in [0.25, 0.3) is 0 Å². The fourth-order valence-electron chi connectivity index (χ4n) is 1.87. The van der Waals surface area contributed by atoms with Crippen LogP contribution < -0.4 is 5.32 Å². The molecule has 1 aromatic carbocycles. The summed E-state index contributed by atoms with van der Waals surface area (Å²) in [5.41, 5.74) is -1.26. The van der Waals surface area contributed by atoms with E-state index in [9.17, 15) is 18.0 Å². The Bertz CT molecular complexity index is 448. The normalized spacial score (nSPS) is 13.1. The fourth-order valence-corrected chi connectivity index (χ4v) is 2.17. The molecule has 1 atom stereocenters. The first-order valence-corrected chi connectivity index (χ1v) is 6.94. The Morgan fingerprint density at radius 1 is 1.35 bits per heavy atom. The van der Waals surface area contributed by atoms with E-state index in [1.165, 1.54) is 18.2 Å². The van der Waals surface area contributed by atoms with Crippen LogP contribution in [-0.4, -0.2) is 18.3 Å². The second kappa shape index (κ2) is 7.53. The SMILES string of the molecule is CCC(CCCl)CNC(=O)c1ccccc1C(F)(F)F. The summed E-state index contributed by atoms with van der Waals surface area (Å²) in [6.45, 7) is 2.28. The third-order valence-corrected chi connectivity index (χ3v) is 3.34. The van der Waals surface area contributed by atoms with Crippen LogP contribution in [0.3, 0.4) is 0 Å². The third-order valence-electron chi connectivity index (χ3n) is 3.12. The zero-order chi connectivity index (χ0) is 15.2. The molecule has 1 N–H and O–H groups in total. The lowest BCUT2D eigenvalue weighted by molar-refractivity contribution is -0.137. The van der Waals surface area contributed by atoms with Crippen molar-refractivity contribution in [2.45, 2.75) is 25.9 Å². The molecule has 2 nitrogen and oxygen atoms in total. The number of halogens is 4. The van der Waals surface area contributed by atoms with Gasteiger partial charge in [0.1, 0.15) is 0 Å². The minimum Gasteiger partial charge on any atom is -0.352 e. The summed E-state index contributed by atoms with van der Waals surface area (Å²) in [7, 11) is 0. The zero-order valence-electron chi connectivity index (χ0n) is 11.1. The van der Waals surface area contributed by atoms with Crippen molar-refractivity contribution in [3.8, 4) is 0 Å². The standard InChI is InChI=1S/C14H17ClF3NO/c1-2-10(7-8-15)9-19-13(20)11-5-3-4-6-12(11)14(16,17)18/h3-6,10H,2,7-9H2,1H3,(H,19,20). The summed E-state index contributed by atoms with van der Waals surface area (Å²) in [5, 5.41) is 2.55. The zero-order valence-corrected chi connectivity index (χ0v) is 11.9. The largest absolute Gasteiger partial charge is 0.417 e. The molecular weight excluding hydrogens is 291 g/mol. The van der Waals surface area contributed by atoms with E-state index in [2.05, 4.69) is 5.32 Å². The van der Waals surface area contributed by atoms with Crippen molar-refractivity contribution < 1.29 is 18.0 Å². The summed E-state index contributed by atoms with van der Waals surface area (Å²) in [6, 6.07) is 4.77. The highest BCUT2D eigenvalue weighted by atomic mass is 35.5. The number of carbonyl (C=O) groups excluding carboxylic acids is 1. The van der Waals surface area contributed by atoms with Gasteiger partial charge in [-0.1, -0.05) is 25.5 Å². The highest BCUT2D eigenvalue weighted by molar-refractivity contribution is 6.17. The maximum atomic E-state index is 12.8. The highest BCUT2D eigenvalue weighted by Gasteiger charge is 2.34. The van der Waals surface area contributed by atoms with Crippen molar-refractivity contribution in [2.75, 3.05) is 12.4 Å². The van der Waals surface area contributed by atoms with Gasteiger partial charge in [0.2, 0.25) is 0 Å². The van der Waals surface area contributed by atoms with Gasteiger partial charge in [-0.2, -0.15) is 13.2 Å². The topological polar surface area (TPSA) is 29.1 Å². The molecule has 20 heavy (non-hydrogen) atoms. The Kier molecular flexibility index (Phi) is 6.33. The molecule has 0 spiro atoms. The van der Waals surface area contributed by atoms with Gasteiger partial charge in [0.15, 0.2) is 0 Å². The molecule has 0 heterocycles. The van der Waals surface area contributed by atoms with Gasteiger partial charge in [0.25, 0.3) is 5.91 Å². The summed E-state index contributed by atoms with van der Waals surface area (Å²) in [5.74, 6) is -0.0616. The number of nitrogens with one attached hydrogen (secondary N) is 1. The molecule has 0 aromatic heterocycles. The number of alkyl halides is 4. The Labute approximate surface area is 121 Å². The minimum absolute atomic E-state index is 0.175. The smallest absolute Gasteiger partial charge is 0.352 e. The Balaban J connectivity index is 2.78.